The van der Waals surface area contributed by atoms with Crippen molar-refractivity contribution in [2.24, 2.45) is 0 Å². The van der Waals surface area contributed by atoms with Gasteiger partial charge in [0.1, 0.15) is 17.3 Å². The van der Waals surface area contributed by atoms with Gasteiger partial charge >= 0.3 is 0 Å². The highest BCUT2D eigenvalue weighted by Crippen LogP contribution is 2.21. The molecule has 0 aliphatic heterocycles. The fraction of sp³-hybridized carbons (Fsp3) is 0.143. The van der Waals surface area contributed by atoms with Crippen molar-refractivity contribution in [3.63, 3.8) is 0 Å². The van der Waals surface area contributed by atoms with E-state index in [4.69, 9.17) is 4.74 Å². The molecular weight excluding hydrogens is 301 g/mol. The van der Waals surface area contributed by atoms with Crippen LogP contribution < -0.4 is 10.1 Å². The number of halogens is 1. The molecule has 3 aromatic rings. The van der Waals surface area contributed by atoms with Gasteiger partial charge in [0.15, 0.2) is 0 Å². The Hall–Kier alpha value is -2.65. The van der Waals surface area contributed by atoms with Gasteiger partial charge in [0, 0.05) is 6.54 Å². The molecule has 0 amide bonds. The molecule has 0 saturated heterocycles. The summed E-state index contributed by atoms with van der Waals surface area (Å²) in [5, 5.41) is 3.35. The number of ether oxygens (including phenoxy) is 1. The molecule has 0 aromatic heterocycles. The lowest BCUT2D eigenvalue weighted by Crippen LogP contribution is -2.17. The number of benzene rings is 3. The molecule has 0 atom stereocenters. The Kier molecular flexibility index (Phi) is 5.59. The van der Waals surface area contributed by atoms with E-state index >= 15 is 0 Å². The van der Waals surface area contributed by atoms with Crippen molar-refractivity contribution >= 4 is 0 Å². The zero-order valence-electron chi connectivity index (χ0n) is 13.4. The molecule has 0 fully saturated rings. The number of hydrogen-bond donors (Lipinski definition) is 1. The summed E-state index contributed by atoms with van der Waals surface area (Å²) in [6.07, 6.45) is 0.673. The minimum atomic E-state index is -0.141. The second kappa shape index (κ2) is 8.27. The summed E-state index contributed by atoms with van der Waals surface area (Å²) >= 11 is 0. The number of para-hydroxylation sites is 1. The second-order valence-electron chi connectivity index (χ2n) is 5.58. The Bertz CT molecular complexity index is 774. The van der Waals surface area contributed by atoms with Gasteiger partial charge in [0.2, 0.25) is 0 Å². The third-order valence-corrected chi connectivity index (χ3v) is 3.74. The first-order valence-electron chi connectivity index (χ1n) is 8.07. The lowest BCUT2D eigenvalue weighted by atomic mass is 10.1. The van der Waals surface area contributed by atoms with Gasteiger partial charge in [-0.2, -0.15) is 0 Å². The Morgan fingerprint density at radius 3 is 2.38 bits per heavy atom. The van der Waals surface area contributed by atoms with E-state index in [1.807, 2.05) is 66.7 Å². The first-order valence-corrected chi connectivity index (χ1v) is 8.07. The highest BCUT2D eigenvalue weighted by molar-refractivity contribution is 5.33. The lowest BCUT2D eigenvalue weighted by molar-refractivity contribution is 0.481. The third-order valence-electron chi connectivity index (χ3n) is 3.74. The minimum Gasteiger partial charge on any atom is -0.457 e. The predicted octanol–water partition coefficient (Wildman–Crippen LogP) is 4.95. The summed E-state index contributed by atoms with van der Waals surface area (Å²) in [7, 11) is 0. The van der Waals surface area contributed by atoms with Crippen molar-refractivity contribution in [3.8, 4) is 11.5 Å². The van der Waals surface area contributed by atoms with E-state index in [1.165, 1.54) is 6.07 Å². The maximum absolute atomic E-state index is 13.6. The molecular formula is C21H20FNO. The average Bonchev–Trinajstić information content (AvgIpc) is 2.61. The van der Waals surface area contributed by atoms with Crippen LogP contribution in [0.25, 0.3) is 0 Å². The van der Waals surface area contributed by atoms with Crippen LogP contribution in [-0.2, 0) is 13.0 Å². The molecule has 3 heteroatoms. The highest BCUT2D eigenvalue weighted by atomic mass is 19.1. The van der Waals surface area contributed by atoms with E-state index in [2.05, 4.69) is 5.32 Å². The van der Waals surface area contributed by atoms with Crippen molar-refractivity contribution in [1.82, 2.24) is 5.32 Å². The van der Waals surface area contributed by atoms with Gasteiger partial charge in [0.25, 0.3) is 0 Å². The van der Waals surface area contributed by atoms with Crippen LogP contribution in [0, 0.1) is 5.82 Å². The first-order chi connectivity index (χ1) is 11.8. The summed E-state index contributed by atoms with van der Waals surface area (Å²) in [4.78, 5) is 0. The van der Waals surface area contributed by atoms with Crippen LogP contribution >= 0.6 is 0 Å². The molecule has 3 rings (SSSR count). The molecule has 0 spiro atoms. The van der Waals surface area contributed by atoms with Gasteiger partial charge < -0.3 is 10.1 Å². The van der Waals surface area contributed by atoms with Gasteiger partial charge in [0.05, 0.1) is 0 Å². The van der Waals surface area contributed by atoms with Gasteiger partial charge in [-0.1, -0.05) is 48.5 Å². The highest BCUT2D eigenvalue weighted by Gasteiger charge is 2.01. The number of nitrogens with one attached hydrogen (secondary N) is 1. The summed E-state index contributed by atoms with van der Waals surface area (Å²) in [6.45, 7) is 1.45. The fourth-order valence-corrected chi connectivity index (χ4v) is 2.50. The molecule has 0 heterocycles. The van der Waals surface area contributed by atoms with Crippen LogP contribution in [0.15, 0.2) is 78.9 Å². The lowest BCUT2D eigenvalue weighted by Gasteiger charge is -2.09. The van der Waals surface area contributed by atoms with Crippen molar-refractivity contribution < 1.29 is 9.13 Å². The fourth-order valence-electron chi connectivity index (χ4n) is 2.50. The van der Waals surface area contributed by atoms with Crippen molar-refractivity contribution in [2.75, 3.05) is 6.54 Å². The molecule has 0 bridgehead atoms. The topological polar surface area (TPSA) is 21.3 Å². The Labute approximate surface area is 141 Å². The summed E-state index contributed by atoms with van der Waals surface area (Å²) in [5.41, 5.74) is 1.88. The Morgan fingerprint density at radius 1 is 0.792 bits per heavy atom. The Morgan fingerprint density at radius 2 is 1.54 bits per heavy atom. The quantitative estimate of drug-likeness (QED) is 0.622. The van der Waals surface area contributed by atoms with E-state index in [9.17, 15) is 4.39 Å². The molecule has 0 saturated carbocycles. The van der Waals surface area contributed by atoms with Crippen LogP contribution in [0.2, 0.25) is 0 Å². The molecule has 122 valence electrons. The SMILES string of the molecule is Fc1ccccc1CCNCc1cccc(Oc2ccccc2)c1. The molecule has 3 aromatic carbocycles. The predicted molar refractivity (Wildman–Crippen MR) is 94.8 cm³/mol. The van der Waals surface area contributed by atoms with Crippen LogP contribution in [0.4, 0.5) is 4.39 Å². The van der Waals surface area contributed by atoms with Gasteiger partial charge in [-0.25, -0.2) is 4.39 Å². The zero-order chi connectivity index (χ0) is 16.6. The molecule has 0 radical (unpaired) electrons. The van der Waals surface area contributed by atoms with Crippen molar-refractivity contribution in [3.05, 3.63) is 95.8 Å². The zero-order valence-corrected chi connectivity index (χ0v) is 13.4. The standard InChI is InChI=1S/C21H20FNO/c22-21-12-5-4-8-18(21)13-14-23-16-17-7-6-11-20(15-17)24-19-9-2-1-3-10-19/h1-12,15,23H,13-14,16H2. The number of rotatable bonds is 7. The van der Waals surface area contributed by atoms with Crippen LogP contribution in [0.3, 0.4) is 0 Å². The minimum absolute atomic E-state index is 0.141. The number of hydrogen-bond acceptors (Lipinski definition) is 2. The molecule has 1 N–H and O–H groups in total. The maximum atomic E-state index is 13.6. The second-order valence-corrected chi connectivity index (χ2v) is 5.58. The molecule has 2 nitrogen and oxygen atoms in total. The molecule has 0 aliphatic rings. The molecule has 24 heavy (non-hydrogen) atoms. The molecule has 0 aliphatic carbocycles. The van der Waals surface area contributed by atoms with Crippen molar-refractivity contribution in [1.29, 1.82) is 0 Å². The summed E-state index contributed by atoms with van der Waals surface area (Å²) < 4.78 is 19.4. The summed E-state index contributed by atoms with van der Waals surface area (Å²) in [5.74, 6) is 1.49. The van der Waals surface area contributed by atoms with Gasteiger partial charge in [-0.15, -0.1) is 0 Å². The van der Waals surface area contributed by atoms with E-state index in [1.54, 1.807) is 6.07 Å². The van der Waals surface area contributed by atoms with Crippen LogP contribution in [0.5, 0.6) is 11.5 Å². The maximum Gasteiger partial charge on any atom is 0.127 e. The smallest absolute Gasteiger partial charge is 0.127 e. The monoisotopic (exact) mass is 321 g/mol. The van der Waals surface area contributed by atoms with Crippen LogP contribution in [0.1, 0.15) is 11.1 Å². The average molecular weight is 321 g/mol. The first kappa shape index (κ1) is 16.2. The van der Waals surface area contributed by atoms with E-state index in [0.29, 0.717) is 6.42 Å². The normalized spacial score (nSPS) is 10.5. The third kappa shape index (κ3) is 4.67. The molecule has 0 unspecified atom stereocenters. The Balaban J connectivity index is 1.51. The van der Waals surface area contributed by atoms with Gasteiger partial charge in [-0.05, 0) is 54.4 Å². The van der Waals surface area contributed by atoms with E-state index < -0.39 is 0 Å². The van der Waals surface area contributed by atoms with Gasteiger partial charge in [-0.3, -0.25) is 0 Å². The van der Waals surface area contributed by atoms with E-state index in [-0.39, 0.29) is 5.82 Å². The van der Waals surface area contributed by atoms with Crippen molar-refractivity contribution in [2.45, 2.75) is 13.0 Å². The van der Waals surface area contributed by atoms with E-state index in [0.717, 1.165) is 35.7 Å². The summed E-state index contributed by atoms with van der Waals surface area (Å²) in [6, 6.07) is 24.6. The van der Waals surface area contributed by atoms with Crippen LogP contribution in [-0.4, -0.2) is 6.54 Å². The largest absolute Gasteiger partial charge is 0.457 e.